The lowest BCUT2D eigenvalue weighted by atomic mass is 10.2. The van der Waals surface area contributed by atoms with Crippen molar-refractivity contribution in [2.24, 2.45) is 0 Å². The zero-order valence-electron chi connectivity index (χ0n) is 10.5. The van der Waals surface area contributed by atoms with Crippen LogP contribution in [0.5, 0.6) is 0 Å². The summed E-state index contributed by atoms with van der Waals surface area (Å²) < 4.78 is 2.34. The van der Waals surface area contributed by atoms with Gasteiger partial charge < -0.3 is 16.4 Å². The molecule has 1 aliphatic rings. The third-order valence-corrected chi connectivity index (χ3v) is 3.55. The van der Waals surface area contributed by atoms with Crippen molar-refractivity contribution in [3.63, 3.8) is 0 Å². The van der Waals surface area contributed by atoms with Gasteiger partial charge in [-0.2, -0.15) is 9.94 Å². The van der Waals surface area contributed by atoms with Gasteiger partial charge in [-0.1, -0.05) is 0 Å². The summed E-state index contributed by atoms with van der Waals surface area (Å²) in [6.45, 7) is 1.71. The van der Waals surface area contributed by atoms with Crippen molar-refractivity contribution in [2.45, 2.75) is 6.04 Å². The van der Waals surface area contributed by atoms with Crippen LogP contribution < -0.4 is 16.4 Å². The average Bonchev–Trinajstić information content (AvgIpc) is 2.71. The molecule has 1 fully saturated rings. The number of hydrogen-bond acceptors (Lipinski definition) is 6. The molecule has 1 aliphatic heterocycles. The van der Waals surface area contributed by atoms with Crippen LogP contribution in [-0.2, 0) is 0 Å². The van der Waals surface area contributed by atoms with E-state index in [9.17, 15) is 5.26 Å². The average molecular weight is 334 g/mol. The summed E-state index contributed by atoms with van der Waals surface area (Å²) in [4.78, 5) is 4.24. The predicted molar refractivity (Wildman–Crippen MR) is 78.5 cm³/mol. The molecule has 0 aromatic carbocycles. The fraction of sp³-hybridized carbons (Fsp3) is 0.250. The summed E-state index contributed by atoms with van der Waals surface area (Å²) in [6.07, 6.45) is 1.66. The lowest BCUT2D eigenvalue weighted by Gasteiger charge is -2.27. The minimum atomic E-state index is 0.280. The molecule has 0 saturated carbocycles. The molecule has 0 radical (unpaired) electrons. The van der Waals surface area contributed by atoms with Crippen LogP contribution in [0.25, 0.3) is 5.82 Å². The summed E-state index contributed by atoms with van der Waals surface area (Å²) >= 11 is 3.32. The Hall–Kier alpha value is -2.11. The molecule has 0 unspecified atom stereocenters. The molecule has 1 saturated heterocycles. The Morgan fingerprint density at radius 1 is 1.50 bits per heavy atom. The number of nitriles is 1. The van der Waals surface area contributed by atoms with E-state index in [1.165, 1.54) is 4.68 Å². The molecule has 8 heteroatoms. The van der Waals surface area contributed by atoms with Gasteiger partial charge in [0.05, 0.1) is 6.04 Å². The summed E-state index contributed by atoms with van der Waals surface area (Å²) in [5, 5.41) is 20.0. The van der Waals surface area contributed by atoms with Gasteiger partial charge in [-0.3, -0.25) is 0 Å². The molecule has 102 valence electrons. The highest BCUT2D eigenvalue weighted by atomic mass is 79.9. The standard InChI is InChI=1S/C12H12BrN7/c13-7-1-2-10(17-4-7)20-11(15)9(3-14)12(19-20)18-8-5-16-6-8/h1-2,4,8,16H,5-6,15H2,(H,18,19). The van der Waals surface area contributed by atoms with E-state index in [1.54, 1.807) is 12.3 Å². The van der Waals surface area contributed by atoms with Crippen molar-refractivity contribution < 1.29 is 0 Å². The van der Waals surface area contributed by atoms with E-state index in [0.29, 0.717) is 17.2 Å². The van der Waals surface area contributed by atoms with Gasteiger partial charge in [0.2, 0.25) is 0 Å². The van der Waals surface area contributed by atoms with Gasteiger partial charge in [0.1, 0.15) is 17.5 Å². The second-order valence-corrected chi connectivity index (χ2v) is 5.38. The minimum Gasteiger partial charge on any atom is -0.382 e. The number of halogens is 1. The largest absolute Gasteiger partial charge is 0.382 e. The Labute approximate surface area is 123 Å². The van der Waals surface area contributed by atoms with Gasteiger partial charge >= 0.3 is 0 Å². The maximum atomic E-state index is 9.24. The van der Waals surface area contributed by atoms with Crippen LogP contribution in [0.3, 0.4) is 0 Å². The fourth-order valence-corrected chi connectivity index (χ4v) is 2.13. The van der Waals surface area contributed by atoms with Crippen LogP contribution in [0.1, 0.15) is 5.56 Å². The number of rotatable bonds is 3. The highest BCUT2D eigenvalue weighted by molar-refractivity contribution is 9.10. The topological polar surface area (TPSA) is 105 Å². The molecule has 0 atom stereocenters. The van der Waals surface area contributed by atoms with Gasteiger partial charge in [-0.25, -0.2) is 4.98 Å². The van der Waals surface area contributed by atoms with Crippen LogP contribution in [0.15, 0.2) is 22.8 Å². The molecular formula is C12H12BrN7. The molecule has 3 rings (SSSR count). The van der Waals surface area contributed by atoms with Crippen molar-refractivity contribution in [1.29, 1.82) is 5.26 Å². The number of nitrogens with zero attached hydrogens (tertiary/aromatic N) is 4. The first-order valence-electron chi connectivity index (χ1n) is 6.07. The predicted octanol–water partition coefficient (Wildman–Crippen LogP) is 0.867. The first kappa shape index (κ1) is 12.9. The number of pyridine rings is 1. The molecule has 0 amide bonds. The number of anilines is 2. The Morgan fingerprint density at radius 3 is 2.85 bits per heavy atom. The number of nitrogens with two attached hydrogens (primary N) is 1. The van der Waals surface area contributed by atoms with Crippen molar-refractivity contribution in [1.82, 2.24) is 20.1 Å². The minimum absolute atomic E-state index is 0.280. The molecule has 2 aromatic heterocycles. The van der Waals surface area contributed by atoms with Crippen molar-refractivity contribution in [3.05, 3.63) is 28.4 Å². The van der Waals surface area contributed by atoms with E-state index in [2.05, 4.69) is 42.7 Å². The Kier molecular flexibility index (Phi) is 3.30. The van der Waals surface area contributed by atoms with Gasteiger partial charge in [-0.05, 0) is 28.1 Å². The van der Waals surface area contributed by atoms with Crippen LogP contribution in [0.2, 0.25) is 0 Å². The molecule has 0 bridgehead atoms. The van der Waals surface area contributed by atoms with Crippen molar-refractivity contribution in [3.8, 4) is 11.9 Å². The van der Waals surface area contributed by atoms with Gasteiger partial charge in [0.25, 0.3) is 0 Å². The second-order valence-electron chi connectivity index (χ2n) is 4.47. The van der Waals surface area contributed by atoms with E-state index in [4.69, 9.17) is 5.73 Å². The number of hydrogen-bond donors (Lipinski definition) is 3. The highest BCUT2D eigenvalue weighted by Crippen LogP contribution is 2.24. The van der Waals surface area contributed by atoms with Gasteiger partial charge in [-0.15, -0.1) is 5.10 Å². The zero-order valence-corrected chi connectivity index (χ0v) is 12.1. The van der Waals surface area contributed by atoms with Crippen molar-refractivity contribution >= 4 is 27.6 Å². The first-order chi connectivity index (χ1) is 9.69. The molecule has 3 heterocycles. The maximum Gasteiger partial charge on any atom is 0.169 e. The van der Waals surface area contributed by atoms with Gasteiger partial charge in [0, 0.05) is 23.8 Å². The van der Waals surface area contributed by atoms with Crippen LogP contribution >= 0.6 is 15.9 Å². The molecule has 0 aliphatic carbocycles. The van der Waals surface area contributed by atoms with E-state index in [0.717, 1.165) is 17.6 Å². The van der Waals surface area contributed by atoms with Crippen molar-refractivity contribution in [2.75, 3.05) is 24.1 Å². The zero-order chi connectivity index (χ0) is 14.1. The number of nitrogens with one attached hydrogen (secondary N) is 2. The van der Waals surface area contributed by atoms with E-state index in [-0.39, 0.29) is 11.9 Å². The van der Waals surface area contributed by atoms with Crippen LogP contribution in [0, 0.1) is 11.3 Å². The number of nitrogen functional groups attached to an aromatic ring is 1. The van der Waals surface area contributed by atoms with Gasteiger partial charge in [0.15, 0.2) is 11.6 Å². The third kappa shape index (κ3) is 2.21. The Balaban J connectivity index is 1.99. The summed E-state index contributed by atoms with van der Waals surface area (Å²) in [5.41, 5.74) is 6.34. The van der Waals surface area contributed by atoms with E-state index in [1.807, 2.05) is 6.07 Å². The quantitative estimate of drug-likeness (QED) is 0.769. The fourth-order valence-electron chi connectivity index (χ4n) is 1.89. The summed E-state index contributed by atoms with van der Waals surface area (Å²) in [5.74, 6) is 1.36. The molecule has 7 nitrogen and oxygen atoms in total. The third-order valence-electron chi connectivity index (χ3n) is 3.08. The first-order valence-corrected chi connectivity index (χ1v) is 6.86. The Morgan fingerprint density at radius 2 is 2.30 bits per heavy atom. The summed E-state index contributed by atoms with van der Waals surface area (Å²) in [6, 6.07) is 6.00. The molecular weight excluding hydrogens is 322 g/mol. The second kappa shape index (κ2) is 5.11. The molecule has 20 heavy (non-hydrogen) atoms. The number of aromatic nitrogens is 3. The monoisotopic (exact) mass is 333 g/mol. The Bertz CT molecular complexity index is 666. The molecule has 4 N–H and O–H groups in total. The molecule has 0 spiro atoms. The normalized spacial score (nSPS) is 14.6. The highest BCUT2D eigenvalue weighted by Gasteiger charge is 2.22. The molecule has 2 aromatic rings. The van der Waals surface area contributed by atoms with E-state index >= 15 is 0 Å². The lowest BCUT2D eigenvalue weighted by Crippen LogP contribution is -2.51. The SMILES string of the molecule is N#Cc1c(NC2CNC2)nn(-c2ccc(Br)cn2)c1N. The lowest BCUT2D eigenvalue weighted by molar-refractivity contribution is 0.470. The smallest absolute Gasteiger partial charge is 0.169 e. The van der Waals surface area contributed by atoms with E-state index < -0.39 is 0 Å². The van der Waals surface area contributed by atoms with Crippen LogP contribution in [-0.4, -0.2) is 33.9 Å². The summed E-state index contributed by atoms with van der Waals surface area (Å²) in [7, 11) is 0. The van der Waals surface area contributed by atoms with Crippen LogP contribution in [0.4, 0.5) is 11.6 Å². The maximum absolute atomic E-state index is 9.24.